The lowest BCUT2D eigenvalue weighted by Gasteiger charge is -2.13. The number of aromatic hydroxyl groups is 1. The molecule has 1 rings (SSSR count). The summed E-state index contributed by atoms with van der Waals surface area (Å²) in [5, 5.41) is 9.78. The molecular weight excluding hydrogens is 242 g/mol. The van der Waals surface area contributed by atoms with Crippen molar-refractivity contribution in [3.63, 3.8) is 0 Å². The molecule has 1 aromatic rings. The molecule has 0 aliphatic rings. The van der Waals surface area contributed by atoms with Crippen LogP contribution < -0.4 is 5.73 Å². The van der Waals surface area contributed by atoms with Crippen molar-refractivity contribution in [1.82, 2.24) is 0 Å². The van der Waals surface area contributed by atoms with Crippen LogP contribution in [-0.2, 0) is 0 Å². The van der Waals surface area contributed by atoms with Gasteiger partial charge in [-0.25, -0.2) is 0 Å². The molecule has 0 fully saturated rings. The monoisotopic (exact) mass is 255 g/mol. The Morgan fingerprint density at radius 1 is 1.64 bits per heavy atom. The molecule has 1 atom stereocenters. The highest BCUT2D eigenvalue weighted by molar-refractivity contribution is 9.10. The summed E-state index contributed by atoms with van der Waals surface area (Å²) >= 11 is 3.37. The molecule has 3 N–H and O–H groups in total. The molecule has 76 valence electrons. The summed E-state index contributed by atoms with van der Waals surface area (Å²) in [5.41, 5.74) is 7.48. The van der Waals surface area contributed by atoms with Gasteiger partial charge in [-0.1, -0.05) is 22.0 Å². The van der Waals surface area contributed by atoms with Crippen LogP contribution in [0.3, 0.4) is 0 Å². The molecule has 0 amide bonds. The van der Waals surface area contributed by atoms with Crippen molar-refractivity contribution >= 4 is 15.9 Å². The van der Waals surface area contributed by atoms with Crippen LogP contribution in [0.1, 0.15) is 23.6 Å². The number of benzene rings is 1. The summed E-state index contributed by atoms with van der Waals surface area (Å²) < 4.78 is 0.933. The third-order valence-corrected chi connectivity index (χ3v) is 2.57. The number of hydrogen-bond donors (Lipinski definition) is 2. The molecule has 0 aromatic heterocycles. The zero-order valence-corrected chi connectivity index (χ0v) is 9.71. The van der Waals surface area contributed by atoms with Gasteiger partial charge in [-0.15, -0.1) is 6.58 Å². The third-order valence-electron chi connectivity index (χ3n) is 2.11. The fourth-order valence-electron chi connectivity index (χ4n) is 1.35. The second-order valence-electron chi connectivity index (χ2n) is 3.29. The van der Waals surface area contributed by atoms with Crippen LogP contribution in [0.2, 0.25) is 0 Å². The summed E-state index contributed by atoms with van der Waals surface area (Å²) in [6.45, 7) is 5.48. The average Bonchev–Trinajstić information content (AvgIpc) is 2.11. The normalized spacial score (nSPS) is 12.5. The van der Waals surface area contributed by atoms with Gasteiger partial charge in [0.2, 0.25) is 0 Å². The average molecular weight is 256 g/mol. The first-order valence-corrected chi connectivity index (χ1v) is 5.21. The Morgan fingerprint density at radius 3 is 2.86 bits per heavy atom. The van der Waals surface area contributed by atoms with Crippen molar-refractivity contribution < 1.29 is 5.11 Å². The first-order chi connectivity index (χ1) is 6.56. The van der Waals surface area contributed by atoms with Gasteiger partial charge < -0.3 is 10.8 Å². The minimum Gasteiger partial charge on any atom is -0.507 e. The fraction of sp³-hybridized carbons (Fsp3) is 0.273. The summed E-state index contributed by atoms with van der Waals surface area (Å²) in [6, 6.07) is 3.51. The highest BCUT2D eigenvalue weighted by Crippen LogP contribution is 2.31. The van der Waals surface area contributed by atoms with Crippen LogP contribution in [-0.4, -0.2) is 5.11 Å². The van der Waals surface area contributed by atoms with Crippen LogP contribution in [0.5, 0.6) is 5.75 Å². The molecular formula is C11H14BrNO. The van der Waals surface area contributed by atoms with Crippen molar-refractivity contribution in [1.29, 1.82) is 0 Å². The lowest BCUT2D eigenvalue weighted by atomic mass is 10.0. The van der Waals surface area contributed by atoms with Crippen LogP contribution in [0, 0.1) is 6.92 Å². The number of phenols is 1. The van der Waals surface area contributed by atoms with E-state index >= 15 is 0 Å². The van der Waals surface area contributed by atoms with E-state index in [1.165, 1.54) is 0 Å². The molecule has 0 aliphatic heterocycles. The number of phenolic OH excluding ortho intramolecular Hbond substituents is 1. The van der Waals surface area contributed by atoms with Gasteiger partial charge in [-0.3, -0.25) is 0 Å². The van der Waals surface area contributed by atoms with Crippen LogP contribution in [0.25, 0.3) is 0 Å². The Kier molecular flexibility index (Phi) is 3.72. The van der Waals surface area contributed by atoms with Gasteiger partial charge in [-0.05, 0) is 31.0 Å². The number of rotatable bonds is 3. The molecule has 0 heterocycles. The summed E-state index contributed by atoms with van der Waals surface area (Å²) in [7, 11) is 0. The highest BCUT2D eigenvalue weighted by Gasteiger charge is 2.12. The van der Waals surface area contributed by atoms with Crippen molar-refractivity contribution in [2.45, 2.75) is 19.4 Å². The summed E-state index contributed by atoms with van der Waals surface area (Å²) in [4.78, 5) is 0. The standard InChI is InChI=1S/C11H14BrNO/c1-3-4-10(13)9-6-8(12)5-7(2)11(9)14/h3,5-6,10,14H,1,4,13H2,2H3/t10-/m0/s1. The zero-order valence-electron chi connectivity index (χ0n) is 8.13. The molecule has 0 aliphatic carbocycles. The molecule has 2 nitrogen and oxygen atoms in total. The lowest BCUT2D eigenvalue weighted by molar-refractivity contribution is 0.457. The van der Waals surface area contributed by atoms with Crippen molar-refractivity contribution in [2.24, 2.45) is 5.73 Å². The topological polar surface area (TPSA) is 46.2 Å². The van der Waals surface area contributed by atoms with Crippen LogP contribution in [0.15, 0.2) is 29.3 Å². The van der Waals surface area contributed by atoms with E-state index in [1.807, 2.05) is 19.1 Å². The predicted molar refractivity (Wildman–Crippen MR) is 62.3 cm³/mol. The minimum atomic E-state index is -0.191. The maximum Gasteiger partial charge on any atom is 0.123 e. The van der Waals surface area contributed by atoms with Crippen molar-refractivity contribution in [3.05, 3.63) is 40.4 Å². The SMILES string of the molecule is C=CC[C@H](N)c1cc(Br)cc(C)c1O. The van der Waals surface area contributed by atoms with Crippen LogP contribution in [0.4, 0.5) is 0 Å². The molecule has 0 radical (unpaired) electrons. The summed E-state index contributed by atoms with van der Waals surface area (Å²) in [5.74, 6) is 0.280. The quantitative estimate of drug-likeness (QED) is 0.816. The number of nitrogens with two attached hydrogens (primary N) is 1. The molecule has 14 heavy (non-hydrogen) atoms. The Bertz CT molecular complexity index is 349. The Labute approximate surface area is 92.6 Å². The Morgan fingerprint density at radius 2 is 2.29 bits per heavy atom. The van der Waals surface area contributed by atoms with Crippen molar-refractivity contribution in [3.8, 4) is 5.75 Å². The van der Waals surface area contributed by atoms with Crippen LogP contribution >= 0.6 is 15.9 Å². The first-order valence-electron chi connectivity index (χ1n) is 4.41. The number of aryl methyl sites for hydroxylation is 1. The number of halogens is 1. The highest BCUT2D eigenvalue weighted by atomic mass is 79.9. The third kappa shape index (κ3) is 2.36. The molecule has 0 saturated carbocycles. The van der Waals surface area contributed by atoms with Gasteiger partial charge >= 0.3 is 0 Å². The Balaban J connectivity index is 3.12. The van der Waals surface area contributed by atoms with E-state index in [2.05, 4.69) is 22.5 Å². The second kappa shape index (κ2) is 4.62. The van der Waals surface area contributed by atoms with E-state index in [4.69, 9.17) is 5.73 Å². The summed E-state index contributed by atoms with van der Waals surface area (Å²) in [6.07, 6.45) is 2.41. The molecule has 0 saturated heterocycles. The molecule has 3 heteroatoms. The van der Waals surface area contributed by atoms with Crippen molar-refractivity contribution in [2.75, 3.05) is 0 Å². The number of hydrogen-bond acceptors (Lipinski definition) is 2. The smallest absolute Gasteiger partial charge is 0.123 e. The molecule has 0 bridgehead atoms. The maximum absolute atomic E-state index is 9.78. The van der Waals surface area contributed by atoms with Gasteiger partial charge in [0.1, 0.15) is 5.75 Å². The van der Waals surface area contributed by atoms with E-state index in [0.29, 0.717) is 6.42 Å². The molecule has 0 spiro atoms. The Hall–Kier alpha value is -0.800. The second-order valence-corrected chi connectivity index (χ2v) is 4.21. The van der Waals surface area contributed by atoms with E-state index in [-0.39, 0.29) is 11.8 Å². The van der Waals surface area contributed by atoms with E-state index in [9.17, 15) is 5.11 Å². The van der Waals surface area contributed by atoms with E-state index in [0.717, 1.165) is 15.6 Å². The van der Waals surface area contributed by atoms with Gasteiger partial charge in [-0.2, -0.15) is 0 Å². The van der Waals surface area contributed by atoms with Gasteiger partial charge in [0.25, 0.3) is 0 Å². The molecule has 0 unspecified atom stereocenters. The largest absolute Gasteiger partial charge is 0.507 e. The lowest BCUT2D eigenvalue weighted by Crippen LogP contribution is -2.09. The molecule has 1 aromatic carbocycles. The first kappa shape index (κ1) is 11.3. The maximum atomic E-state index is 9.78. The van der Waals surface area contributed by atoms with E-state index in [1.54, 1.807) is 6.08 Å². The van der Waals surface area contributed by atoms with E-state index < -0.39 is 0 Å². The van der Waals surface area contributed by atoms with Gasteiger partial charge in [0.05, 0.1) is 0 Å². The zero-order chi connectivity index (χ0) is 10.7. The van der Waals surface area contributed by atoms with Gasteiger partial charge in [0.15, 0.2) is 0 Å². The predicted octanol–water partition coefficient (Wildman–Crippen LogP) is 3.04. The van der Waals surface area contributed by atoms with Gasteiger partial charge in [0, 0.05) is 16.1 Å². The minimum absolute atomic E-state index is 0.191. The fourth-order valence-corrected chi connectivity index (χ4v) is 1.94.